The van der Waals surface area contributed by atoms with Crippen LogP contribution < -0.4 is 10.6 Å². The van der Waals surface area contributed by atoms with Gasteiger partial charge in [0.2, 0.25) is 0 Å². The fourth-order valence-electron chi connectivity index (χ4n) is 1.81. The summed E-state index contributed by atoms with van der Waals surface area (Å²) in [6, 6.07) is 0. The molecule has 0 unspecified atom stereocenters. The lowest BCUT2D eigenvalue weighted by atomic mass is 10.3. The third kappa shape index (κ3) is 7.81. The van der Waals surface area contributed by atoms with Crippen LogP contribution in [0.2, 0.25) is 0 Å². The lowest BCUT2D eigenvalue weighted by Crippen LogP contribution is -2.40. The maximum Gasteiger partial charge on any atom is 0.166 e. The van der Waals surface area contributed by atoms with Crippen molar-refractivity contribution in [1.29, 1.82) is 0 Å². The standard InChI is InChI=1S/C12H25N3O2S/c1-16-9-3-5-14-12(18)13-4-2-6-15-7-10-17-11-8-15/h2-11H2,1H3,(H2,13,14,18). The highest BCUT2D eigenvalue weighted by Gasteiger charge is 2.08. The van der Waals surface area contributed by atoms with Gasteiger partial charge in [0.25, 0.3) is 0 Å². The number of thiocarbonyl (C=S) groups is 1. The molecule has 1 saturated heterocycles. The molecule has 0 aromatic carbocycles. The summed E-state index contributed by atoms with van der Waals surface area (Å²) in [6.45, 7) is 7.52. The van der Waals surface area contributed by atoms with Gasteiger partial charge in [-0.15, -0.1) is 0 Å². The summed E-state index contributed by atoms with van der Waals surface area (Å²) in [4.78, 5) is 2.43. The topological polar surface area (TPSA) is 45.8 Å². The number of nitrogens with one attached hydrogen (secondary N) is 2. The summed E-state index contributed by atoms with van der Waals surface area (Å²) >= 11 is 5.18. The van der Waals surface area contributed by atoms with Gasteiger partial charge in [0.05, 0.1) is 13.2 Å². The Bertz CT molecular complexity index is 223. The van der Waals surface area contributed by atoms with Gasteiger partial charge < -0.3 is 20.1 Å². The van der Waals surface area contributed by atoms with Gasteiger partial charge in [-0.1, -0.05) is 0 Å². The van der Waals surface area contributed by atoms with Crippen LogP contribution in [0.25, 0.3) is 0 Å². The van der Waals surface area contributed by atoms with E-state index in [1.165, 1.54) is 0 Å². The second kappa shape index (κ2) is 10.5. The summed E-state index contributed by atoms with van der Waals surface area (Å²) in [5.74, 6) is 0. The zero-order chi connectivity index (χ0) is 13.1. The van der Waals surface area contributed by atoms with Gasteiger partial charge in [0.15, 0.2) is 5.11 Å². The molecule has 0 saturated carbocycles. The van der Waals surface area contributed by atoms with Crippen LogP contribution in [0.5, 0.6) is 0 Å². The number of nitrogens with zero attached hydrogens (tertiary/aromatic N) is 1. The van der Waals surface area contributed by atoms with Gasteiger partial charge in [-0.25, -0.2) is 0 Å². The fourth-order valence-corrected chi connectivity index (χ4v) is 2.01. The van der Waals surface area contributed by atoms with Crippen LogP contribution in [0.3, 0.4) is 0 Å². The van der Waals surface area contributed by atoms with Crippen molar-refractivity contribution in [2.24, 2.45) is 0 Å². The maximum atomic E-state index is 5.31. The average Bonchev–Trinajstić information content (AvgIpc) is 2.41. The number of rotatable bonds is 8. The van der Waals surface area contributed by atoms with Gasteiger partial charge in [-0.05, 0) is 31.6 Å². The maximum absolute atomic E-state index is 5.31. The van der Waals surface area contributed by atoms with Crippen molar-refractivity contribution in [3.8, 4) is 0 Å². The smallest absolute Gasteiger partial charge is 0.166 e. The minimum Gasteiger partial charge on any atom is -0.385 e. The van der Waals surface area contributed by atoms with Crippen molar-refractivity contribution < 1.29 is 9.47 Å². The number of ether oxygens (including phenoxy) is 2. The summed E-state index contributed by atoms with van der Waals surface area (Å²) in [5, 5.41) is 7.13. The molecule has 2 N–H and O–H groups in total. The summed E-state index contributed by atoms with van der Waals surface area (Å²) in [7, 11) is 1.71. The Labute approximate surface area is 115 Å². The van der Waals surface area contributed by atoms with Crippen molar-refractivity contribution >= 4 is 17.3 Å². The van der Waals surface area contributed by atoms with Crippen LogP contribution >= 0.6 is 12.2 Å². The fraction of sp³-hybridized carbons (Fsp3) is 0.917. The van der Waals surface area contributed by atoms with Gasteiger partial charge in [0.1, 0.15) is 0 Å². The SMILES string of the molecule is COCCCNC(=S)NCCCN1CCOCC1. The Morgan fingerprint density at radius 1 is 1.22 bits per heavy atom. The van der Waals surface area contributed by atoms with E-state index in [1.807, 2.05) is 0 Å². The number of methoxy groups -OCH3 is 1. The van der Waals surface area contributed by atoms with E-state index < -0.39 is 0 Å². The van der Waals surface area contributed by atoms with E-state index in [9.17, 15) is 0 Å². The number of morpholine rings is 1. The highest BCUT2D eigenvalue weighted by molar-refractivity contribution is 7.80. The van der Waals surface area contributed by atoms with Crippen LogP contribution in [-0.2, 0) is 9.47 Å². The quantitative estimate of drug-likeness (QED) is 0.488. The largest absolute Gasteiger partial charge is 0.385 e. The Hall–Kier alpha value is -0.430. The molecule has 1 rings (SSSR count). The van der Waals surface area contributed by atoms with Gasteiger partial charge in [-0.3, -0.25) is 4.90 Å². The third-order valence-corrected chi connectivity index (χ3v) is 3.14. The predicted molar refractivity (Wildman–Crippen MR) is 77.0 cm³/mol. The molecule has 1 heterocycles. The first kappa shape index (κ1) is 15.6. The second-order valence-corrected chi connectivity index (χ2v) is 4.74. The molecule has 5 nitrogen and oxygen atoms in total. The van der Waals surface area contributed by atoms with Crippen molar-refractivity contribution in [1.82, 2.24) is 15.5 Å². The Balaban J connectivity index is 1.88. The molecule has 0 bridgehead atoms. The first-order valence-corrected chi connectivity index (χ1v) is 7.04. The molecule has 0 aromatic heterocycles. The van der Waals surface area contributed by atoms with Crippen LogP contribution in [-0.4, -0.2) is 69.7 Å². The predicted octanol–water partition coefficient (Wildman–Crippen LogP) is 0.209. The molecule has 0 spiro atoms. The number of hydrogen-bond acceptors (Lipinski definition) is 4. The van der Waals surface area contributed by atoms with E-state index in [-0.39, 0.29) is 0 Å². The van der Waals surface area contributed by atoms with E-state index >= 15 is 0 Å². The second-order valence-electron chi connectivity index (χ2n) is 4.34. The van der Waals surface area contributed by atoms with E-state index in [0.717, 1.165) is 70.5 Å². The highest BCUT2D eigenvalue weighted by Crippen LogP contribution is 1.97. The molecule has 1 fully saturated rings. The van der Waals surface area contributed by atoms with Crippen LogP contribution in [0.15, 0.2) is 0 Å². The molecule has 0 amide bonds. The summed E-state index contributed by atoms with van der Waals surface area (Å²) < 4.78 is 10.3. The molecule has 0 atom stereocenters. The minimum atomic E-state index is 0.744. The average molecular weight is 275 g/mol. The van der Waals surface area contributed by atoms with Gasteiger partial charge >= 0.3 is 0 Å². The zero-order valence-corrected chi connectivity index (χ0v) is 12.1. The first-order valence-electron chi connectivity index (χ1n) is 6.63. The third-order valence-electron chi connectivity index (χ3n) is 2.85. The molecule has 1 aliphatic heterocycles. The molecule has 1 aliphatic rings. The Kier molecular flexibility index (Phi) is 9.11. The highest BCUT2D eigenvalue weighted by atomic mass is 32.1. The monoisotopic (exact) mass is 275 g/mol. The van der Waals surface area contributed by atoms with E-state index in [0.29, 0.717) is 0 Å². The Morgan fingerprint density at radius 3 is 2.56 bits per heavy atom. The zero-order valence-electron chi connectivity index (χ0n) is 11.2. The lowest BCUT2D eigenvalue weighted by Gasteiger charge is -2.26. The molecule has 106 valence electrons. The van der Waals surface area contributed by atoms with Crippen molar-refractivity contribution in [3.63, 3.8) is 0 Å². The summed E-state index contributed by atoms with van der Waals surface area (Å²) in [6.07, 6.45) is 2.09. The molecule has 0 aromatic rings. The van der Waals surface area contributed by atoms with E-state index in [4.69, 9.17) is 21.7 Å². The number of hydrogen-bond donors (Lipinski definition) is 2. The normalized spacial score (nSPS) is 16.5. The molecule has 0 aliphatic carbocycles. The lowest BCUT2D eigenvalue weighted by molar-refractivity contribution is 0.0376. The van der Waals surface area contributed by atoms with E-state index in [1.54, 1.807) is 7.11 Å². The molecule has 18 heavy (non-hydrogen) atoms. The van der Waals surface area contributed by atoms with Gasteiger partial charge in [0, 0.05) is 39.9 Å². The first-order chi connectivity index (χ1) is 8.83. The molecular weight excluding hydrogens is 250 g/mol. The van der Waals surface area contributed by atoms with Crippen LogP contribution in [0, 0.1) is 0 Å². The van der Waals surface area contributed by atoms with Gasteiger partial charge in [-0.2, -0.15) is 0 Å². The molecule has 0 radical (unpaired) electrons. The van der Waals surface area contributed by atoms with Crippen molar-refractivity contribution in [2.45, 2.75) is 12.8 Å². The molecule has 6 heteroatoms. The molecular formula is C12H25N3O2S. The van der Waals surface area contributed by atoms with E-state index in [2.05, 4.69) is 15.5 Å². The minimum absolute atomic E-state index is 0.744. The van der Waals surface area contributed by atoms with Crippen LogP contribution in [0.4, 0.5) is 0 Å². The van der Waals surface area contributed by atoms with Crippen molar-refractivity contribution in [2.75, 3.05) is 59.7 Å². The van der Waals surface area contributed by atoms with Crippen LogP contribution in [0.1, 0.15) is 12.8 Å². The Morgan fingerprint density at radius 2 is 1.89 bits per heavy atom. The summed E-state index contributed by atoms with van der Waals surface area (Å²) in [5.41, 5.74) is 0. The van der Waals surface area contributed by atoms with Crippen molar-refractivity contribution in [3.05, 3.63) is 0 Å².